The van der Waals surface area contributed by atoms with E-state index in [1.54, 1.807) is 12.1 Å². The minimum Gasteiger partial charge on any atom is -0.493 e. The summed E-state index contributed by atoms with van der Waals surface area (Å²) in [7, 11) is 0. The van der Waals surface area contributed by atoms with Gasteiger partial charge in [0.05, 0.1) is 17.1 Å². The minimum absolute atomic E-state index is 0.287. The van der Waals surface area contributed by atoms with Crippen LogP contribution in [0.1, 0.15) is 22.7 Å². The Balaban J connectivity index is 2.02. The van der Waals surface area contributed by atoms with Crippen LogP contribution in [-0.2, 0) is 6.42 Å². The Morgan fingerprint density at radius 2 is 2.11 bits per heavy atom. The van der Waals surface area contributed by atoms with Gasteiger partial charge in [-0.2, -0.15) is 0 Å². The monoisotopic (exact) mass is 321 g/mol. The highest BCUT2D eigenvalue weighted by Gasteiger charge is 2.21. The van der Waals surface area contributed by atoms with Gasteiger partial charge in [-0.15, -0.1) is 0 Å². The van der Waals surface area contributed by atoms with Gasteiger partial charge in [0.15, 0.2) is 0 Å². The van der Waals surface area contributed by atoms with E-state index in [0.717, 1.165) is 23.3 Å². The van der Waals surface area contributed by atoms with E-state index in [2.05, 4.69) is 22.0 Å². The maximum Gasteiger partial charge on any atom is 0.137 e. The zero-order valence-corrected chi connectivity index (χ0v) is 11.8. The fourth-order valence-corrected chi connectivity index (χ4v) is 2.77. The quantitative estimate of drug-likeness (QED) is 0.917. The zero-order valence-electron chi connectivity index (χ0n) is 10.2. The molecule has 1 atom stereocenters. The lowest BCUT2D eigenvalue weighted by atomic mass is 9.96. The van der Waals surface area contributed by atoms with Crippen LogP contribution in [0.15, 0.2) is 40.9 Å². The number of fused-ring (bicyclic) bond motifs is 1. The van der Waals surface area contributed by atoms with Crippen LogP contribution in [-0.4, -0.2) is 6.61 Å². The molecule has 1 aliphatic rings. The van der Waals surface area contributed by atoms with Crippen LogP contribution in [0.5, 0.6) is 5.75 Å². The molecule has 0 saturated heterocycles. The van der Waals surface area contributed by atoms with Crippen molar-refractivity contribution in [3.8, 4) is 5.75 Å². The number of ether oxygens (including phenoxy) is 1. The Labute approximate surface area is 119 Å². The first-order valence-corrected chi connectivity index (χ1v) is 6.91. The van der Waals surface area contributed by atoms with Crippen LogP contribution in [0.25, 0.3) is 0 Å². The molecule has 1 aliphatic heterocycles. The number of rotatable bonds is 2. The van der Waals surface area contributed by atoms with Crippen LogP contribution in [0.4, 0.5) is 4.39 Å². The van der Waals surface area contributed by atoms with E-state index in [9.17, 15) is 4.39 Å². The van der Waals surface area contributed by atoms with Crippen molar-refractivity contribution in [3.63, 3.8) is 0 Å². The van der Waals surface area contributed by atoms with Gasteiger partial charge in [0.25, 0.3) is 0 Å². The van der Waals surface area contributed by atoms with Gasteiger partial charge in [-0.3, -0.25) is 0 Å². The zero-order chi connectivity index (χ0) is 13.4. The van der Waals surface area contributed by atoms with Crippen molar-refractivity contribution >= 4 is 15.9 Å². The molecular weight excluding hydrogens is 309 g/mol. The molecule has 0 amide bonds. The third kappa shape index (κ3) is 2.26. The molecule has 1 heterocycles. The lowest BCUT2D eigenvalue weighted by molar-refractivity contribution is 0.352. The second-order valence-corrected chi connectivity index (χ2v) is 5.44. The highest BCUT2D eigenvalue weighted by molar-refractivity contribution is 9.10. The molecule has 2 N–H and O–H groups in total. The topological polar surface area (TPSA) is 35.2 Å². The van der Waals surface area contributed by atoms with Crippen molar-refractivity contribution in [1.29, 1.82) is 0 Å². The predicted octanol–water partition coefficient (Wildman–Crippen LogP) is 3.57. The van der Waals surface area contributed by atoms with Gasteiger partial charge in [0.1, 0.15) is 11.6 Å². The SMILES string of the molecule is NC(c1ccc(F)c(Br)c1)c1cccc2c1OCC2. The van der Waals surface area contributed by atoms with Crippen LogP contribution >= 0.6 is 15.9 Å². The minimum atomic E-state index is -0.315. The molecule has 2 aromatic carbocycles. The van der Waals surface area contributed by atoms with Gasteiger partial charge in [-0.05, 0) is 39.2 Å². The van der Waals surface area contributed by atoms with Crippen molar-refractivity contribution in [2.24, 2.45) is 5.73 Å². The largest absolute Gasteiger partial charge is 0.493 e. The van der Waals surface area contributed by atoms with Gasteiger partial charge in [0.2, 0.25) is 0 Å². The maximum absolute atomic E-state index is 13.3. The molecule has 1 unspecified atom stereocenters. The Kier molecular flexibility index (Phi) is 3.29. The molecule has 2 nitrogen and oxygen atoms in total. The van der Waals surface area contributed by atoms with Crippen LogP contribution in [0, 0.1) is 5.82 Å². The summed E-state index contributed by atoms with van der Waals surface area (Å²) < 4.78 is 19.4. The molecule has 0 spiro atoms. The number of halogens is 2. The second-order valence-electron chi connectivity index (χ2n) is 4.59. The molecule has 0 saturated carbocycles. The van der Waals surface area contributed by atoms with E-state index >= 15 is 0 Å². The summed E-state index contributed by atoms with van der Waals surface area (Å²) in [5.74, 6) is 0.598. The summed E-state index contributed by atoms with van der Waals surface area (Å²) >= 11 is 3.19. The molecule has 4 heteroatoms. The normalized spacial score (nSPS) is 14.9. The van der Waals surface area contributed by atoms with Crippen molar-refractivity contribution in [3.05, 3.63) is 63.4 Å². The Bertz CT molecular complexity index is 630. The van der Waals surface area contributed by atoms with Crippen LogP contribution < -0.4 is 10.5 Å². The van der Waals surface area contributed by atoms with Gasteiger partial charge >= 0.3 is 0 Å². The smallest absolute Gasteiger partial charge is 0.137 e. The van der Waals surface area contributed by atoms with Crippen molar-refractivity contribution in [1.82, 2.24) is 0 Å². The molecule has 0 bridgehead atoms. The van der Waals surface area contributed by atoms with Crippen LogP contribution in [0.3, 0.4) is 0 Å². The maximum atomic E-state index is 13.3. The standard InChI is InChI=1S/C15H13BrFNO/c16-12-8-10(4-5-13(12)17)14(18)11-3-1-2-9-6-7-19-15(9)11/h1-5,8,14H,6-7,18H2. The first-order valence-electron chi connectivity index (χ1n) is 6.12. The van der Waals surface area contributed by atoms with Gasteiger partial charge < -0.3 is 10.5 Å². The van der Waals surface area contributed by atoms with Crippen LogP contribution in [0.2, 0.25) is 0 Å². The Morgan fingerprint density at radius 1 is 1.26 bits per heavy atom. The highest BCUT2D eigenvalue weighted by atomic mass is 79.9. The molecule has 98 valence electrons. The number of hydrogen-bond donors (Lipinski definition) is 1. The lowest BCUT2D eigenvalue weighted by Crippen LogP contribution is -2.13. The number of benzene rings is 2. The van der Waals surface area contributed by atoms with E-state index in [1.807, 2.05) is 12.1 Å². The average molecular weight is 322 g/mol. The third-order valence-corrected chi connectivity index (χ3v) is 3.99. The Hall–Kier alpha value is -1.39. The second kappa shape index (κ2) is 4.94. The van der Waals surface area contributed by atoms with E-state index in [4.69, 9.17) is 10.5 Å². The van der Waals surface area contributed by atoms with Crippen molar-refractivity contribution < 1.29 is 9.13 Å². The first-order chi connectivity index (χ1) is 9.16. The van der Waals surface area contributed by atoms with E-state index in [1.165, 1.54) is 11.6 Å². The van der Waals surface area contributed by atoms with Gasteiger partial charge in [-0.25, -0.2) is 4.39 Å². The third-order valence-electron chi connectivity index (χ3n) is 3.38. The molecule has 0 aliphatic carbocycles. The fraction of sp³-hybridized carbons (Fsp3) is 0.200. The Morgan fingerprint density at radius 3 is 2.89 bits per heavy atom. The molecule has 19 heavy (non-hydrogen) atoms. The molecular formula is C15H13BrFNO. The molecule has 0 aromatic heterocycles. The number of para-hydroxylation sites is 1. The van der Waals surface area contributed by atoms with Crippen molar-refractivity contribution in [2.75, 3.05) is 6.61 Å². The fourth-order valence-electron chi connectivity index (χ4n) is 2.37. The summed E-state index contributed by atoms with van der Waals surface area (Å²) in [6, 6.07) is 10.5. The lowest BCUT2D eigenvalue weighted by Gasteiger charge is -2.16. The first kappa shape index (κ1) is 12.6. The average Bonchev–Trinajstić information content (AvgIpc) is 2.89. The van der Waals surface area contributed by atoms with E-state index < -0.39 is 0 Å². The summed E-state index contributed by atoms with van der Waals surface area (Å²) in [5.41, 5.74) is 9.28. The number of nitrogens with two attached hydrogens (primary N) is 1. The summed E-state index contributed by atoms with van der Waals surface area (Å²) in [6.45, 7) is 0.701. The van der Waals surface area contributed by atoms with Gasteiger partial charge in [-0.1, -0.05) is 24.3 Å². The van der Waals surface area contributed by atoms with E-state index in [0.29, 0.717) is 11.1 Å². The molecule has 0 radical (unpaired) electrons. The summed E-state index contributed by atoms with van der Waals surface area (Å²) in [4.78, 5) is 0. The predicted molar refractivity (Wildman–Crippen MR) is 75.8 cm³/mol. The van der Waals surface area contributed by atoms with Gasteiger partial charge in [0, 0.05) is 12.0 Å². The van der Waals surface area contributed by atoms with Crippen molar-refractivity contribution in [2.45, 2.75) is 12.5 Å². The molecule has 0 fully saturated rings. The molecule has 2 aromatic rings. The summed E-state index contributed by atoms with van der Waals surface area (Å²) in [5, 5.41) is 0. The molecule has 3 rings (SSSR count). The number of hydrogen-bond acceptors (Lipinski definition) is 2. The summed E-state index contributed by atoms with van der Waals surface area (Å²) in [6.07, 6.45) is 0.920. The van der Waals surface area contributed by atoms with E-state index in [-0.39, 0.29) is 11.9 Å². The highest BCUT2D eigenvalue weighted by Crippen LogP contribution is 2.35.